The normalized spacial score (nSPS) is 11.9. The highest BCUT2D eigenvalue weighted by Crippen LogP contribution is 2.34. The predicted molar refractivity (Wildman–Crippen MR) is 127 cm³/mol. The second kappa shape index (κ2) is 9.05. The van der Waals surface area contributed by atoms with Crippen LogP contribution < -0.4 is 4.90 Å². The van der Waals surface area contributed by atoms with Gasteiger partial charge in [-0.15, -0.1) is 0 Å². The molecule has 9 heteroatoms. The first-order valence-corrected chi connectivity index (χ1v) is 12.8. The van der Waals surface area contributed by atoms with Crippen LogP contribution in [-0.4, -0.2) is 25.1 Å². The lowest BCUT2D eigenvalue weighted by Gasteiger charge is -2.19. The van der Waals surface area contributed by atoms with E-state index in [0.717, 1.165) is 15.8 Å². The third kappa shape index (κ3) is 4.72. The number of benzene rings is 2. The van der Waals surface area contributed by atoms with Gasteiger partial charge in [0.25, 0.3) is 0 Å². The first-order chi connectivity index (χ1) is 15.2. The number of rotatable bonds is 7. The van der Waals surface area contributed by atoms with Gasteiger partial charge in [0.15, 0.2) is 15.0 Å². The molecule has 2 aromatic carbocycles. The summed E-state index contributed by atoms with van der Waals surface area (Å²) in [6.45, 7) is 4.25. The molecule has 166 valence electrons. The Hall–Kier alpha value is -2.68. The van der Waals surface area contributed by atoms with Crippen LogP contribution in [0.5, 0.6) is 0 Å². The maximum atomic E-state index is 13.3. The van der Waals surface area contributed by atoms with Crippen molar-refractivity contribution >= 4 is 54.0 Å². The molecule has 0 saturated carbocycles. The van der Waals surface area contributed by atoms with Crippen LogP contribution in [0.2, 0.25) is 5.02 Å². The monoisotopic (exact) mass is 488 g/mol. The van der Waals surface area contributed by atoms with Gasteiger partial charge in [0.2, 0.25) is 5.91 Å². The first kappa shape index (κ1) is 22.5. The summed E-state index contributed by atoms with van der Waals surface area (Å²) in [6, 6.07) is 15.1. The molecule has 4 rings (SSSR count). The van der Waals surface area contributed by atoms with Gasteiger partial charge in [-0.2, -0.15) is 0 Å². The second-order valence-corrected chi connectivity index (χ2v) is 11.1. The van der Waals surface area contributed by atoms with Crippen LogP contribution in [0.3, 0.4) is 0 Å². The number of furan rings is 1. The molecular weight excluding hydrogens is 468 g/mol. The van der Waals surface area contributed by atoms with Crippen molar-refractivity contribution < 1.29 is 17.6 Å². The molecule has 0 aliphatic rings. The largest absolute Gasteiger partial charge is 0.467 e. The Morgan fingerprint density at radius 2 is 1.88 bits per heavy atom. The summed E-state index contributed by atoms with van der Waals surface area (Å²) >= 11 is 7.21. The lowest BCUT2D eigenvalue weighted by Crippen LogP contribution is -2.35. The van der Waals surface area contributed by atoms with E-state index < -0.39 is 21.5 Å². The Bertz CT molecular complexity index is 1340. The molecule has 0 bridgehead atoms. The average Bonchev–Trinajstić information content (AvgIpc) is 3.41. The van der Waals surface area contributed by atoms with Gasteiger partial charge in [-0.1, -0.05) is 48.9 Å². The zero-order chi connectivity index (χ0) is 22.9. The number of carbonyl (C=O) groups is 1. The summed E-state index contributed by atoms with van der Waals surface area (Å²) in [5.74, 6) is -0.484. The first-order valence-electron chi connectivity index (χ1n) is 9.95. The standard InChI is InChI=1S/C23H21ClN2O4S2/c1-15(2)19-6-3-7-20-22(19)25-23(31-20)26(13-17-5-4-12-30-17)21(27)14-32(28,29)18-10-8-16(24)9-11-18/h3-12,15H,13-14H2,1-2H3. The van der Waals surface area contributed by atoms with Gasteiger partial charge in [-0.3, -0.25) is 9.69 Å². The zero-order valence-electron chi connectivity index (χ0n) is 17.5. The Kier molecular flexibility index (Phi) is 6.37. The highest BCUT2D eigenvalue weighted by molar-refractivity contribution is 7.92. The molecule has 0 aliphatic heterocycles. The van der Waals surface area contributed by atoms with Crippen molar-refractivity contribution in [3.63, 3.8) is 0 Å². The molecule has 0 N–H and O–H groups in total. The van der Waals surface area contributed by atoms with Gasteiger partial charge >= 0.3 is 0 Å². The van der Waals surface area contributed by atoms with Gasteiger partial charge in [0.05, 0.1) is 27.9 Å². The molecule has 0 aliphatic carbocycles. The number of fused-ring (bicyclic) bond motifs is 1. The summed E-state index contributed by atoms with van der Waals surface area (Å²) in [7, 11) is -3.86. The molecule has 1 amide bonds. The number of para-hydroxylation sites is 1. The van der Waals surface area contributed by atoms with Crippen molar-refractivity contribution in [2.24, 2.45) is 0 Å². The minimum Gasteiger partial charge on any atom is -0.467 e. The predicted octanol–water partition coefficient (Wildman–Crippen LogP) is 5.67. The van der Waals surface area contributed by atoms with Crippen molar-refractivity contribution in [2.75, 3.05) is 10.7 Å². The third-order valence-corrected chi connectivity index (χ3v) is 7.89. The highest BCUT2D eigenvalue weighted by atomic mass is 35.5. The second-order valence-electron chi connectivity index (χ2n) is 7.62. The van der Waals surface area contributed by atoms with Crippen molar-refractivity contribution in [1.82, 2.24) is 4.98 Å². The van der Waals surface area contributed by atoms with Gasteiger partial charge in [-0.05, 0) is 53.9 Å². The van der Waals surface area contributed by atoms with E-state index in [1.807, 2.05) is 18.2 Å². The summed E-state index contributed by atoms with van der Waals surface area (Å²) in [5, 5.41) is 0.853. The third-order valence-electron chi connectivity index (χ3n) is 4.97. The van der Waals surface area contributed by atoms with Crippen LogP contribution in [0.25, 0.3) is 10.2 Å². The molecule has 0 atom stereocenters. The molecule has 0 spiro atoms. The van der Waals surface area contributed by atoms with Gasteiger partial charge in [0, 0.05) is 5.02 Å². The number of aromatic nitrogens is 1. The van der Waals surface area contributed by atoms with Crippen molar-refractivity contribution in [1.29, 1.82) is 0 Å². The Morgan fingerprint density at radius 1 is 1.12 bits per heavy atom. The van der Waals surface area contributed by atoms with Crippen molar-refractivity contribution in [3.8, 4) is 0 Å². The van der Waals surface area contributed by atoms with Gasteiger partial charge in [-0.25, -0.2) is 13.4 Å². The minimum atomic E-state index is -3.86. The molecule has 0 unspecified atom stereocenters. The SMILES string of the molecule is CC(C)c1cccc2sc(N(Cc3ccco3)C(=O)CS(=O)(=O)c3ccc(Cl)cc3)nc12. The smallest absolute Gasteiger partial charge is 0.244 e. The maximum Gasteiger partial charge on any atom is 0.244 e. The number of hydrogen-bond acceptors (Lipinski definition) is 6. The van der Waals surface area contributed by atoms with Crippen LogP contribution in [-0.2, 0) is 21.2 Å². The van der Waals surface area contributed by atoms with Gasteiger partial charge in [0.1, 0.15) is 11.5 Å². The van der Waals surface area contributed by atoms with E-state index in [2.05, 4.69) is 13.8 Å². The van der Waals surface area contributed by atoms with Crippen LogP contribution in [0.1, 0.15) is 31.1 Å². The maximum absolute atomic E-state index is 13.3. The number of nitrogens with zero attached hydrogens (tertiary/aromatic N) is 2. The minimum absolute atomic E-state index is 0.0413. The lowest BCUT2D eigenvalue weighted by atomic mass is 10.0. The molecule has 2 heterocycles. The van der Waals surface area contributed by atoms with E-state index in [1.54, 1.807) is 12.1 Å². The van der Waals surface area contributed by atoms with Crippen molar-refractivity contribution in [2.45, 2.75) is 31.2 Å². The fourth-order valence-electron chi connectivity index (χ4n) is 3.33. The lowest BCUT2D eigenvalue weighted by molar-refractivity contribution is -0.116. The summed E-state index contributed by atoms with van der Waals surface area (Å²) in [5.41, 5.74) is 1.89. The molecule has 0 radical (unpaired) electrons. The van der Waals surface area contributed by atoms with E-state index in [0.29, 0.717) is 15.9 Å². The number of hydrogen-bond donors (Lipinski definition) is 0. The summed E-state index contributed by atoms with van der Waals surface area (Å²) < 4.78 is 32.1. The number of anilines is 1. The topological polar surface area (TPSA) is 80.5 Å². The quantitative estimate of drug-likeness (QED) is 0.334. The highest BCUT2D eigenvalue weighted by Gasteiger charge is 2.28. The summed E-state index contributed by atoms with van der Waals surface area (Å²) in [6.07, 6.45) is 1.51. The van der Waals surface area contributed by atoms with E-state index in [1.165, 1.54) is 46.8 Å². The van der Waals surface area contributed by atoms with E-state index >= 15 is 0 Å². The van der Waals surface area contributed by atoms with Crippen LogP contribution in [0, 0.1) is 0 Å². The Balaban J connectivity index is 1.71. The number of amides is 1. The van der Waals surface area contributed by atoms with E-state index in [4.69, 9.17) is 21.0 Å². The van der Waals surface area contributed by atoms with Crippen LogP contribution in [0.4, 0.5) is 5.13 Å². The Morgan fingerprint density at radius 3 is 2.53 bits per heavy atom. The van der Waals surface area contributed by atoms with E-state index in [-0.39, 0.29) is 17.4 Å². The molecule has 6 nitrogen and oxygen atoms in total. The van der Waals surface area contributed by atoms with Crippen LogP contribution in [0.15, 0.2) is 70.2 Å². The molecule has 4 aromatic rings. The molecule has 0 fully saturated rings. The fraction of sp³-hybridized carbons (Fsp3) is 0.217. The molecular formula is C23H21ClN2O4S2. The molecule has 32 heavy (non-hydrogen) atoms. The number of thiazole rings is 1. The van der Waals surface area contributed by atoms with Crippen molar-refractivity contribution in [3.05, 3.63) is 77.2 Å². The van der Waals surface area contributed by atoms with E-state index in [9.17, 15) is 13.2 Å². The Labute approximate surface area is 195 Å². The number of halogens is 1. The number of sulfone groups is 1. The zero-order valence-corrected chi connectivity index (χ0v) is 19.9. The van der Waals surface area contributed by atoms with Gasteiger partial charge < -0.3 is 4.42 Å². The number of carbonyl (C=O) groups excluding carboxylic acids is 1. The molecule has 2 aromatic heterocycles. The van der Waals surface area contributed by atoms with Crippen LogP contribution >= 0.6 is 22.9 Å². The molecule has 0 saturated heterocycles. The average molecular weight is 489 g/mol. The fourth-order valence-corrected chi connectivity index (χ4v) is 5.67. The summed E-state index contributed by atoms with van der Waals surface area (Å²) in [4.78, 5) is 19.4.